The average Bonchev–Trinajstić information content (AvgIpc) is 2.26. The van der Waals surface area contributed by atoms with Crippen LogP contribution >= 0.6 is 0 Å². The number of nitro groups is 2. The summed E-state index contributed by atoms with van der Waals surface area (Å²) < 4.78 is 0. The van der Waals surface area contributed by atoms with E-state index >= 15 is 0 Å². The van der Waals surface area contributed by atoms with Crippen molar-refractivity contribution in [3.8, 4) is 0 Å². The van der Waals surface area contributed by atoms with Gasteiger partial charge in [0.05, 0.1) is 16.5 Å². The van der Waals surface area contributed by atoms with Crippen molar-refractivity contribution in [3.05, 3.63) is 20.2 Å². The van der Waals surface area contributed by atoms with Crippen molar-refractivity contribution in [3.63, 3.8) is 0 Å². The molecule has 8 heteroatoms. The van der Waals surface area contributed by atoms with Crippen LogP contribution in [0.2, 0.25) is 0 Å². The molecule has 1 aliphatic heterocycles. The standard InChI is InChI=1S/C5H9N3O5/c1-5(2)3-4(7(9)10)6(13-5)8(11)12/h4H,3H2,1-2H3. The number of hydrogen-bond donors (Lipinski definition) is 0. The summed E-state index contributed by atoms with van der Waals surface area (Å²) >= 11 is 0. The molecule has 0 aromatic rings. The Morgan fingerprint density at radius 3 is 2.31 bits per heavy atom. The zero-order valence-corrected chi connectivity index (χ0v) is 7.17. The van der Waals surface area contributed by atoms with Crippen LogP contribution in [0.1, 0.15) is 20.3 Å². The highest BCUT2D eigenvalue weighted by Crippen LogP contribution is 2.29. The quantitative estimate of drug-likeness (QED) is 0.456. The second-order valence-electron chi connectivity index (χ2n) is 3.36. The molecule has 1 aliphatic rings. The molecule has 0 bridgehead atoms. The Kier molecular flexibility index (Phi) is 2.08. The van der Waals surface area contributed by atoms with Crippen LogP contribution in [0.5, 0.6) is 0 Å². The fraction of sp³-hybridized carbons (Fsp3) is 1.00. The lowest BCUT2D eigenvalue weighted by molar-refractivity contribution is -0.786. The topological polar surface area (TPSA) is 98.8 Å². The smallest absolute Gasteiger partial charge is 0.262 e. The molecule has 1 rings (SSSR count). The summed E-state index contributed by atoms with van der Waals surface area (Å²) in [5.41, 5.74) is -0.856. The maximum absolute atomic E-state index is 10.4. The van der Waals surface area contributed by atoms with Gasteiger partial charge < -0.3 is 0 Å². The maximum Gasteiger partial charge on any atom is 0.368 e. The monoisotopic (exact) mass is 191 g/mol. The Bertz CT molecular complexity index is 229. The van der Waals surface area contributed by atoms with Crippen LogP contribution < -0.4 is 0 Å². The molecule has 0 N–H and O–H groups in total. The third kappa shape index (κ3) is 1.83. The highest BCUT2D eigenvalue weighted by atomic mass is 16.9. The van der Waals surface area contributed by atoms with Gasteiger partial charge in [0, 0.05) is 0 Å². The molecule has 1 fully saturated rings. The Hall–Kier alpha value is -1.44. The second kappa shape index (κ2) is 2.80. The maximum atomic E-state index is 10.4. The van der Waals surface area contributed by atoms with E-state index in [1.807, 2.05) is 0 Å². The lowest BCUT2D eigenvalue weighted by atomic mass is 10.1. The Morgan fingerprint density at radius 1 is 1.46 bits per heavy atom. The molecule has 0 aromatic carbocycles. The van der Waals surface area contributed by atoms with E-state index in [1.165, 1.54) is 0 Å². The van der Waals surface area contributed by atoms with Gasteiger partial charge in [0.1, 0.15) is 5.60 Å². The van der Waals surface area contributed by atoms with Gasteiger partial charge in [0.2, 0.25) is 0 Å². The molecule has 74 valence electrons. The fourth-order valence-electron chi connectivity index (χ4n) is 1.17. The SMILES string of the molecule is CC1(C)CC([N+](=O)[O-])N([N+](=O)[O-])O1. The Balaban J connectivity index is 2.83. The third-order valence-electron chi connectivity index (χ3n) is 1.67. The van der Waals surface area contributed by atoms with Crippen LogP contribution in [0.15, 0.2) is 0 Å². The Morgan fingerprint density at radius 2 is 2.00 bits per heavy atom. The van der Waals surface area contributed by atoms with Crippen LogP contribution in [0.25, 0.3) is 0 Å². The minimum atomic E-state index is -1.40. The molecule has 1 heterocycles. The summed E-state index contributed by atoms with van der Waals surface area (Å²) in [6, 6.07) is 0. The lowest BCUT2D eigenvalue weighted by Crippen LogP contribution is -2.38. The van der Waals surface area contributed by atoms with E-state index in [1.54, 1.807) is 13.8 Å². The number of nitrogens with zero attached hydrogens (tertiary/aromatic N) is 3. The first kappa shape index (κ1) is 9.65. The molecule has 0 radical (unpaired) electrons. The van der Waals surface area contributed by atoms with Crippen LogP contribution in [0, 0.1) is 20.2 Å². The zero-order valence-electron chi connectivity index (χ0n) is 7.17. The molecule has 0 spiro atoms. The van der Waals surface area contributed by atoms with E-state index in [0.717, 1.165) is 0 Å². The van der Waals surface area contributed by atoms with Gasteiger partial charge in [-0.3, -0.25) is 10.1 Å². The summed E-state index contributed by atoms with van der Waals surface area (Å²) in [6.45, 7) is 3.12. The summed E-state index contributed by atoms with van der Waals surface area (Å²) in [4.78, 5) is 24.7. The van der Waals surface area contributed by atoms with E-state index in [2.05, 4.69) is 0 Å². The highest BCUT2D eigenvalue weighted by Gasteiger charge is 2.52. The first-order valence-electron chi connectivity index (χ1n) is 3.60. The first-order chi connectivity index (χ1) is 5.83. The van der Waals surface area contributed by atoms with E-state index < -0.39 is 21.7 Å². The van der Waals surface area contributed by atoms with Crippen molar-refractivity contribution in [1.29, 1.82) is 0 Å². The van der Waals surface area contributed by atoms with Crippen LogP contribution in [-0.2, 0) is 4.84 Å². The normalized spacial score (nSPS) is 26.0. The largest absolute Gasteiger partial charge is 0.368 e. The molecule has 1 unspecified atom stereocenters. The molecular weight excluding hydrogens is 182 g/mol. The lowest BCUT2D eigenvalue weighted by Gasteiger charge is -2.12. The summed E-state index contributed by atoms with van der Waals surface area (Å²) in [7, 11) is 0. The molecule has 0 saturated carbocycles. The number of rotatable bonds is 2. The van der Waals surface area contributed by atoms with Crippen LogP contribution in [0.4, 0.5) is 0 Å². The minimum Gasteiger partial charge on any atom is -0.262 e. The minimum absolute atomic E-state index is 0.000972. The van der Waals surface area contributed by atoms with Crippen LogP contribution in [0.3, 0.4) is 0 Å². The fourth-order valence-corrected chi connectivity index (χ4v) is 1.17. The molecule has 1 atom stereocenters. The molecule has 1 saturated heterocycles. The van der Waals surface area contributed by atoms with Gasteiger partial charge in [-0.25, -0.2) is 15.0 Å². The van der Waals surface area contributed by atoms with E-state index in [0.29, 0.717) is 0 Å². The zero-order chi connectivity index (χ0) is 10.2. The first-order valence-corrected chi connectivity index (χ1v) is 3.60. The highest BCUT2D eigenvalue weighted by molar-refractivity contribution is 4.75. The van der Waals surface area contributed by atoms with Crippen molar-refractivity contribution >= 4 is 0 Å². The van der Waals surface area contributed by atoms with Crippen molar-refractivity contribution in [2.45, 2.75) is 32.0 Å². The number of hydroxylamine groups is 1. The molecule has 8 nitrogen and oxygen atoms in total. The Labute approximate surface area is 73.3 Å². The second-order valence-corrected chi connectivity index (χ2v) is 3.36. The number of hydrazine groups is 1. The third-order valence-corrected chi connectivity index (χ3v) is 1.67. The summed E-state index contributed by atoms with van der Waals surface area (Å²) in [5, 5.41) is 20.0. The molecular formula is C5H9N3O5. The predicted molar refractivity (Wildman–Crippen MR) is 39.4 cm³/mol. The van der Waals surface area contributed by atoms with Crippen molar-refractivity contribution in [1.82, 2.24) is 5.17 Å². The summed E-state index contributed by atoms with van der Waals surface area (Å²) in [6.07, 6.45) is -1.40. The average molecular weight is 191 g/mol. The van der Waals surface area contributed by atoms with Gasteiger partial charge in [-0.15, -0.1) is 0 Å². The molecule has 13 heavy (non-hydrogen) atoms. The molecule has 0 amide bonds. The molecule has 0 aliphatic carbocycles. The van der Waals surface area contributed by atoms with Crippen molar-refractivity contribution < 1.29 is 14.8 Å². The van der Waals surface area contributed by atoms with Gasteiger partial charge in [-0.1, -0.05) is 0 Å². The number of hydrogen-bond acceptors (Lipinski definition) is 5. The van der Waals surface area contributed by atoms with Gasteiger partial charge in [0.25, 0.3) is 0 Å². The van der Waals surface area contributed by atoms with E-state index in [9.17, 15) is 20.2 Å². The van der Waals surface area contributed by atoms with Gasteiger partial charge in [-0.05, 0) is 13.8 Å². The predicted octanol–water partition coefficient (Wildman–Crippen LogP) is 0.197. The molecule has 0 aromatic heterocycles. The van der Waals surface area contributed by atoms with Gasteiger partial charge in [0.15, 0.2) is 5.03 Å². The van der Waals surface area contributed by atoms with Crippen molar-refractivity contribution in [2.75, 3.05) is 0 Å². The van der Waals surface area contributed by atoms with Gasteiger partial charge >= 0.3 is 6.17 Å². The van der Waals surface area contributed by atoms with Crippen LogP contribution in [-0.4, -0.2) is 26.9 Å². The van der Waals surface area contributed by atoms with E-state index in [4.69, 9.17) is 4.84 Å². The van der Waals surface area contributed by atoms with Crippen molar-refractivity contribution in [2.24, 2.45) is 0 Å². The van der Waals surface area contributed by atoms with Gasteiger partial charge in [-0.2, -0.15) is 0 Å². The van der Waals surface area contributed by atoms with E-state index in [-0.39, 0.29) is 11.6 Å². The summed E-state index contributed by atoms with van der Waals surface area (Å²) in [5.74, 6) is 0.